The van der Waals surface area contributed by atoms with E-state index in [2.05, 4.69) is 27.0 Å². The molecule has 35 heavy (non-hydrogen) atoms. The predicted molar refractivity (Wildman–Crippen MR) is 123 cm³/mol. The first-order valence-electron chi connectivity index (χ1n) is 11.5. The number of hydrogen-bond donors (Lipinski definition) is 1. The number of likely N-dealkylation sites (tertiary alicyclic amines) is 1. The van der Waals surface area contributed by atoms with E-state index >= 15 is 0 Å². The minimum absolute atomic E-state index is 0.0953. The molecule has 4 aromatic rings. The van der Waals surface area contributed by atoms with Crippen molar-refractivity contribution in [1.29, 1.82) is 0 Å². The van der Waals surface area contributed by atoms with Gasteiger partial charge in [0.05, 0.1) is 23.5 Å². The van der Waals surface area contributed by atoms with Gasteiger partial charge in [0.15, 0.2) is 23.4 Å². The van der Waals surface area contributed by atoms with Gasteiger partial charge in [0.2, 0.25) is 0 Å². The topological polar surface area (TPSA) is 81.0 Å². The molecule has 1 saturated heterocycles. The van der Waals surface area contributed by atoms with Crippen LogP contribution in [0.25, 0.3) is 22.4 Å². The summed E-state index contributed by atoms with van der Waals surface area (Å²) in [5, 5.41) is 4.51. The van der Waals surface area contributed by atoms with Crippen LogP contribution in [0, 0.1) is 17.5 Å². The lowest BCUT2D eigenvalue weighted by Gasteiger charge is -2.28. The highest BCUT2D eigenvalue weighted by Gasteiger charge is 2.25. The lowest BCUT2D eigenvalue weighted by atomic mass is 10.1. The molecule has 11 heteroatoms. The molecule has 0 aliphatic carbocycles. The van der Waals surface area contributed by atoms with Crippen molar-refractivity contribution < 1.29 is 18.0 Å². The Bertz CT molecular complexity index is 1420. The minimum Gasteiger partial charge on any atom is -0.401 e. The second kappa shape index (κ2) is 9.21. The number of nitrogens with one attached hydrogen (secondary N) is 1. The first kappa shape index (κ1) is 23.2. The lowest BCUT2D eigenvalue weighted by Crippen LogP contribution is -2.31. The van der Waals surface area contributed by atoms with Gasteiger partial charge in [-0.3, -0.25) is 9.67 Å². The van der Waals surface area contributed by atoms with Gasteiger partial charge in [-0.15, -0.1) is 4.73 Å². The molecule has 1 atom stereocenters. The van der Waals surface area contributed by atoms with Gasteiger partial charge in [0.25, 0.3) is 0 Å². The van der Waals surface area contributed by atoms with Gasteiger partial charge in [0, 0.05) is 11.8 Å². The van der Waals surface area contributed by atoms with E-state index in [-0.39, 0.29) is 17.6 Å². The van der Waals surface area contributed by atoms with Crippen molar-refractivity contribution in [1.82, 2.24) is 29.4 Å². The van der Waals surface area contributed by atoms with Crippen molar-refractivity contribution in [2.24, 2.45) is 0 Å². The Labute approximate surface area is 198 Å². The summed E-state index contributed by atoms with van der Waals surface area (Å²) < 4.78 is 45.2. The molecule has 1 unspecified atom stereocenters. The normalized spacial score (nSPS) is 16.1. The third-order valence-corrected chi connectivity index (χ3v) is 6.47. The largest absolute Gasteiger partial charge is 0.401 e. The zero-order valence-corrected chi connectivity index (χ0v) is 19.3. The lowest BCUT2D eigenvalue weighted by molar-refractivity contribution is 0.0302. The molecule has 3 aromatic heterocycles. The van der Waals surface area contributed by atoms with Gasteiger partial charge in [-0.25, -0.2) is 22.9 Å². The van der Waals surface area contributed by atoms with Crippen molar-refractivity contribution in [3.8, 4) is 11.3 Å². The third kappa shape index (κ3) is 4.31. The fraction of sp³-hybridized carbons (Fsp3) is 0.375. The number of hydrogen-bond acceptors (Lipinski definition) is 5. The quantitative estimate of drug-likeness (QED) is 0.419. The van der Waals surface area contributed by atoms with E-state index in [1.165, 1.54) is 0 Å². The highest BCUT2D eigenvalue weighted by atomic mass is 19.2. The van der Waals surface area contributed by atoms with E-state index in [1.54, 1.807) is 25.3 Å². The first-order valence-corrected chi connectivity index (χ1v) is 11.5. The molecule has 0 bridgehead atoms. The Morgan fingerprint density at radius 1 is 1.14 bits per heavy atom. The molecule has 1 aliphatic heterocycles. The fourth-order valence-corrected chi connectivity index (χ4v) is 4.46. The van der Waals surface area contributed by atoms with Gasteiger partial charge < -0.3 is 9.74 Å². The Kier molecular flexibility index (Phi) is 6.10. The van der Waals surface area contributed by atoms with Crippen LogP contribution < -0.4 is 10.5 Å². The number of nitrogens with zero attached hydrogens (tertiary/aromatic N) is 5. The summed E-state index contributed by atoms with van der Waals surface area (Å²) in [7, 11) is 2.11. The van der Waals surface area contributed by atoms with Crippen LogP contribution in [0.1, 0.15) is 43.9 Å². The van der Waals surface area contributed by atoms with Crippen molar-refractivity contribution in [2.75, 3.05) is 20.1 Å². The van der Waals surface area contributed by atoms with Crippen LogP contribution in [0.5, 0.6) is 0 Å². The standard InChI is InChI=1S/C24H25F3N6O2/c1-3-20(21-16(25)4-5-17(26)22(21)27)35-33-19-7-6-18(29-23(19)30-24(33)34)14-12-28-32(13-14)15-8-10-31(2)11-9-15/h4-7,12-13,15,20H,3,8-11H2,1-2H3,(H,29,30,34). The summed E-state index contributed by atoms with van der Waals surface area (Å²) in [4.78, 5) is 27.7. The number of piperidine rings is 1. The van der Waals surface area contributed by atoms with Crippen molar-refractivity contribution in [2.45, 2.75) is 38.3 Å². The Balaban J connectivity index is 1.43. The van der Waals surface area contributed by atoms with E-state index in [4.69, 9.17) is 4.84 Å². The SMILES string of the molecule is CCC(On1c(=O)[nH]c2nc(-c3cnn(C4CCN(C)CC4)c3)ccc21)c1c(F)ccc(F)c1F. The maximum Gasteiger partial charge on any atom is 0.360 e. The van der Waals surface area contributed by atoms with Crippen LogP contribution in [0.15, 0.2) is 41.5 Å². The van der Waals surface area contributed by atoms with E-state index in [1.807, 2.05) is 10.9 Å². The molecule has 1 N–H and O–H groups in total. The number of aromatic nitrogens is 5. The molecule has 5 rings (SSSR count). The van der Waals surface area contributed by atoms with Crippen molar-refractivity contribution in [3.05, 3.63) is 70.2 Å². The summed E-state index contributed by atoms with van der Waals surface area (Å²) in [6.07, 6.45) is 4.58. The molecular formula is C24H25F3N6O2. The summed E-state index contributed by atoms with van der Waals surface area (Å²) in [6, 6.07) is 5.21. The van der Waals surface area contributed by atoms with Crippen molar-refractivity contribution in [3.63, 3.8) is 0 Å². The predicted octanol–water partition coefficient (Wildman–Crippen LogP) is 3.85. The summed E-state index contributed by atoms with van der Waals surface area (Å²) in [5.74, 6) is -3.49. The molecule has 0 amide bonds. The summed E-state index contributed by atoms with van der Waals surface area (Å²) in [5.41, 5.74) is 0.712. The molecule has 1 aromatic carbocycles. The maximum atomic E-state index is 14.3. The number of imidazole rings is 1. The van der Waals surface area contributed by atoms with Gasteiger partial charge >= 0.3 is 5.69 Å². The Morgan fingerprint density at radius 2 is 1.89 bits per heavy atom. The number of halogens is 3. The molecule has 0 radical (unpaired) electrons. The van der Waals surface area contributed by atoms with Crippen molar-refractivity contribution >= 4 is 11.2 Å². The molecule has 184 valence electrons. The van der Waals surface area contributed by atoms with E-state index < -0.39 is 34.8 Å². The van der Waals surface area contributed by atoms with Gasteiger partial charge in [0.1, 0.15) is 11.3 Å². The second-order valence-corrected chi connectivity index (χ2v) is 8.79. The van der Waals surface area contributed by atoms with Crippen LogP contribution in [0.2, 0.25) is 0 Å². The Hall–Kier alpha value is -3.60. The zero-order valence-electron chi connectivity index (χ0n) is 19.3. The summed E-state index contributed by atoms with van der Waals surface area (Å²) in [6.45, 7) is 3.65. The molecule has 0 saturated carbocycles. The molecule has 0 spiro atoms. The summed E-state index contributed by atoms with van der Waals surface area (Å²) >= 11 is 0. The Morgan fingerprint density at radius 3 is 2.63 bits per heavy atom. The zero-order chi connectivity index (χ0) is 24.7. The number of benzene rings is 1. The minimum atomic E-state index is -1.34. The monoisotopic (exact) mass is 486 g/mol. The van der Waals surface area contributed by atoms with Gasteiger partial charge in [-0.1, -0.05) is 6.92 Å². The smallest absolute Gasteiger partial charge is 0.360 e. The third-order valence-electron chi connectivity index (χ3n) is 6.47. The van der Waals surface area contributed by atoms with Gasteiger partial charge in [-0.05, 0) is 63.7 Å². The molecule has 4 heterocycles. The number of rotatable bonds is 6. The molecular weight excluding hydrogens is 461 g/mol. The van der Waals surface area contributed by atoms with Gasteiger partial charge in [-0.2, -0.15) is 5.10 Å². The van der Waals surface area contributed by atoms with E-state index in [0.29, 0.717) is 17.8 Å². The van der Waals surface area contributed by atoms with Crippen LogP contribution in [0.4, 0.5) is 13.2 Å². The molecule has 8 nitrogen and oxygen atoms in total. The highest BCUT2D eigenvalue weighted by molar-refractivity contribution is 5.74. The number of aromatic amines is 1. The number of pyridine rings is 1. The maximum absolute atomic E-state index is 14.3. The number of H-pyrrole nitrogens is 1. The van der Waals surface area contributed by atoms with Crippen LogP contribution in [-0.4, -0.2) is 49.5 Å². The molecule has 1 fully saturated rings. The van der Waals surface area contributed by atoms with Crippen LogP contribution >= 0.6 is 0 Å². The first-order chi connectivity index (χ1) is 16.9. The number of fused-ring (bicyclic) bond motifs is 1. The molecule has 1 aliphatic rings. The fourth-order valence-electron chi connectivity index (χ4n) is 4.46. The van der Waals surface area contributed by atoms with Crippen LogP contribution in [0.3, 0.4) is 0 Å². The van der Waals surface area contributed by atoms with Crippen LogP contribution in [-0.2, 0) is 0 Å². The highest BCUT2D eigenvalue weighted by Crippen LogP contribution is 2.28. The average molecular weight is 486 g/mol. The second-order valence-electron chi connectivity index (χ2n) is 8.79. The average Bonchev–Trinajstić information content (AvgIpc) is 3.46. The van der Waals surface area contributed by atoms with E-state index in [9.17, 15) is 18.0 Å². The van der Waals surface area contributed by atoms with E-state index in [0.717, 1.165) is 42.3 Å².